The average Bonchev–Trinajstić information content (AvgIpc) is 2.96. The molecule has 0 fully saturated rings. The largest absolute Gasteiger partial charge is 0.491 e. The van der Waals surface area contributed by atoms with Gasteiger partial charge in [0.1, 0.15) is 12.4 Å². The fourth-order valence-electron chi connectivity index (χ4n) is 1.57. The summed E-state index contributed by atoms with van der Waals surface area (Å²) >= 11 is 1.75. The maximum Gasteiger partial charge on any atom is 0.119 e. The molecule has 19 heavy (non-hydrogen) atoms. The SMILES string of the molecule is N#Cc1ccc(OCCOCCc2cccs2)cc1. The zero-order valence-corrected chi connectivity index (χ0v) is 11.4. The van der Waals surface area contributed by atoms with Crippen LogP contribution in [0.4, 0.5) is 0 Å². The molecule has 2 aromatic rings. The molecule has 0 bridgehead atoms. The van der Waals surface area contributed by atoms with Crippen molar-refractivity contribution in [3.63, 3.8) is 0 Å². The van der Waals surface area contributed by atoms with Crippen LogP contribution >= 0.6 is 11.3 Å². The molecule has 0 N–H and O–H groups in total. The zero-order valence-electron chi connectivity index (χ0n) is 10.5. The summed E-state index contributed by atoms with van der Waals surface area (Å²) in [6.45, 7) is 1.82. The van der Waals surface area contributed by atoms with Gasteiger partial charge in [0.15, 0.2) is 0 Å². The van der Waals surface area contributed by atoms with E-state index >= 15 is 0 Å². The predicted octanol–water partition coefficient (Wildman–Crippen LogP) is 3.26. The van der Waals surface area contributed by atoms with Gasteiger partial charge in [0.2, 0.25) is 0 Å². The summed E-state index contributed by atoms with van der Waals surface area (Å²) in [5, 5.41) is 10.7. The van der Waals surface area contributed by atoms with E-state index in [-0.39, 0.29) is 0 Å². The van der Waals surface area contributed by atoms with Crippen molar-refractivity contribution < 1.29 is 9.47 Å². The summed E-state index contributed by atoms with van der Waals surface area (Å²) in [5.74, 6) is 0.765. The molecule has 3 nitrogen and oxygen atoms in total. The standard InChI is InChI=1S/C15H15NO2S/c16-12-13-3-5-14(6-4-13)18-10-9-17-8-7-15-2-1-11-19-15/h1-6,11H,7-10H2. The molecular formula is C15H15NO2S. The van der Waals surface area contributed by atoms with Crippen molar-refractivity contribution in [3.8, 4) is 11.8 Å². The first-order chi connectivity index (χ1) is 9.38. The quantitative estimate of drug-likeness (QED) is 0.727. The summed E-state index contributed by atoms with van der Waals surface area (Å²) in [6.07, 6.45) is 0.953. The highest BCUT2D eigenvalue weighted by Crippen LogP contribution is 2.11. The second-order valence-electron chi connectivity index (χ2n) is 3.93. The lowest BCUT2D eigenvalue weighted by atomic mass is 10.2. The molecule has 0 radical (unpaired) electrons. The Morgan fingerprint density at radius 3 is 2.58 bits per heavy atom. The number of hydrogen-bond donors (Lipinski definition) is 0. The minimum Gasteiger partial charge on any atom is -0.491 e. The molecule has 98 valence electrons. The van der Waals surface area contributed by atoms with Gasteiger partial charge in [-0.15, -0.1) is 11.3 Å². The highest BCUT2D eigenvalue weighted by atomic mass is 32.1. The Labute approximate surface area is 117 Å². The van der Waals surface area contributed by atoms with Crippen LogP contribution in [0.3, 0.4) is 0 Å². The van der Waals surface area contributed by atoms with Crippen molar-refractivity contribution >= 4 is 11.3 Å². The number of benzene rings is 1. The molecule has 0 saturated carbocycles. The van der Waals surface area contributed by atoms with E-state index in [4.69, 9.17) is 14.7 Å². The second-order valence-corrected chi connectivity index (χ2v) is 4.96. The summed E-state index contributed by atoms with van der Waals surface area (Å²) in [7, 11) is 0. The minimum atomic E-state index is 0.524. The molecule has 0 saturated heterocycles. The van der Waals surface area contributed by atoms with Crippen LogP contribution in [0.1, 0.15) is 10.4 Å². The number of thiophene rings is 1. The van der Waals surface area contributed by atoms with Gasteiger partial charge in [0.05, 0.1) is 24.8 Å². The number of nitrogens with zero attached hydrogens (tertiary/aromatic N) is 1. The number of rotatable bonds is 7. The summed E-state index contributed by atoms with van der Waals surface area (Å²) in [4.78, 5) is 1.34. The lowest BCUT2D eigenvalue weighted by Crippen LogP contribution is -2.08. The molecule has 0 amide bonds. The molecule has 1 heterocycles. The van der Waals surface area contributed by atoms with Crippen LogP contribution < -0.4 is 4.74 Å². The van der Waals surface area contributed by atoms with Gasteiger partial charge in [0, 0.05) is 11.3 Å². The fourth-order valence-corrected chi connectivity index (χ4v) is 2.26. The van der Waals surface area contributed by atoms with E-state index in [2.05, 4.69) is 17.5 Å². The highest BCUT2D eigenvalue weighted by molar-refractivity contribution is 7.09. The van der Waals surface area contributed by atoms with Crippen LogP contribution in [0.5, 0.6) is 5.75 Å². The van der Waals surface area contributed by atoms with E-state index in [1.54, 1.807) is 35.6 Å². The Kier molecular flexibility index (Phi) is 5.42. The first-order valence-electron chi connectivity index (χ1n) is 6.11. The summed E-state index contributed by atoms with van der Waals surface area (Å²) in [6, 6.07) is 13.3. The van der Waals surface area contributed by atoms with Gasteiger partial charge < -0.3 is 9.47 Å². The van der Waals surface area contributed by atoms with Crippen LogP contribution in [-0.2, 0) is 11.2 Å². The maximum atomic E-state index is 8.67. The van der Waals surface area contributed by atoms with Crippen molar-refractivity contribution in [2.75, 3.05) is 19.8 Å². The predicted molar refractivity (Wildman–Crippen MR) is 75.5 cm³/mol. The van der Waals surface area contributed by atoms with E-state index in [1.807, 2.05) is 6.07 Å². The zero-order chi connectivity index (χ0) is 13.3. The van der Waals surface area contributed by atoms with E-state index in [9.17, 15) is 0 Å². The Hall–Kier alpha value is -1.83. The molecule has 4 heteroatoms. The van der Waals surface area contributed by atoms with Crippen LogP contribution in [0.25, 0.3) is 0 Å². The Morgan fingerprint density at radius 2 is 1.89 bits per heavy atom. The molecule has 2 rings (SSSR count). The van der Waals surface area contributed by atoms with Crippen LogP contribution in [0.2, 0.25) is 0 Å². The van der Waals surface area contributed by atoms with Crippen molar-refractivity contribution in [1.82, 2.24) is 0 Å². The molecule has 0 aliphatic rings. The van der Waals surface area contributed by atoms with Crippen LogP contribution in [0, 0.1) is 11.3 Å². The topological polar surface area (TPSA) is 42.2 Å². The van der Waals surface area contributed by atoms with E-state index in [1.165, 1.54) is 4.88 Å². The number of hydrogen-bond acceptors (Lipinski definition) is 4. The van der Waals surface area contributed by atoms with Gasteiger partial charge in [0.25, 0.3) is 0 Å². The second kappa shape index (κ2) is 7.57. The van der Waals surface area contributed by atoms with E-state index < -0.39 is 0 Å². The lowest BCUT2D eigenvalue weighted by molar-refractivity contribution is 0.103. The molecule has 1 aromatic heterocycles. The lowest BCUT2D eigenvalue weighted by Gasteiger charge is -2.06. The average molecular weight is 273 g/mol. The van der Waals surface area contributed by atoms with Gasteiger partial charge in [-0.1, -0.05) is 6.07 Å². The molecule has 0 aliphatic heterocycles. The molecule has 0 unspecified atom stereocenters. The summed E-state index contributed by atoms with van der Waals surface area (Å²) < 4.78 is 11.0. The Balaban J connectivity index is 1.57. The molecule has 0 atom stereocenters. The van der Waals surface area contributed by atoms with Crippen molar-refractivity contribution in [2.24, 2.45) is 0 Å². The molecule has 1 aromatic carbocycles. The third-order valence-electron chi connectivity index (χ3n) is 2.55. The minimum absolute atomic E-state index is 0.524. The van der Waals surface area contributed by atoms with Gasteiger partial charge in [-0.25, -0.2) is 0 Å². The molecule has 0 aliphatic carbocycles. The highest BCUT2D eigenvalue weighted by Gasteiger charge is 1.96. The maximum absolute atomic E-state index is 8.67. The van der Waals surface area contributed by atoms with Crippen molar-refractivity contribution in [1.29, 1.82) is 5.26 Å². The third-order valence-corrected chi connectivity index (χ3v) is 3.49. The van der Waals surface area contributed by atoms with E-state index in [0.29, 0.717) is 18.8 Å². The normalized spacial score (nSPS) is 10.1. The fraction of sp³-hybridized carbons (Fsp3) is 0.267. The monoisotopic (exact) mass is 273 g/mol. The molecular weight excluding hydrogens is 258 g/mol. The van der Waals surface area contributed by atoms with E-state index in [0.717, 1.165) is 18.8 Å². The number of ether oxygens (including phenoxy) is 2. The first kappa shape index (κ1) is 13.6. The van der Waals surface area contributed by atoms with Gasteiger partial charge in [-0.2, -0.15) is 5.26 Å². The van der Waals surface area contributed by atoms with Crippen molar-refractivity contribution in [3.05, 3.63) is 52.2 Å². The number of nitriles is 1. The van der Waals surface area contributed by atoms with Crippen LogP contribution in [0.15, 0.2) is 41.8 Å². The molecule has 0 spiro atoms. The van der Waals surface area contributed by atoms with Crippen molar-refractivity contribution in [2.45, 2.75) is 6.42 Å². The summed E-state index contributed by atoms with van der Waals surface area (Å²) in [5.41, 5.74) is 0.638. The van der Waals surface area contributed by atoms with Gasteiger partial charge >= 0.3 is 0 Å². The third kappa shape index (κ3) is 4.74. The Bertz CT molecular complexity index is 514. The Morgan fingerprint density at radius 1 is 1.05 bits per heavy atom. The van der Waals surface area contributed by atoms with Gasteiger partial charge in [-0.05, 0) is 35.7 Å². The smallest absolute Gasteiger partial charge is 0.119 e. The first-order valence-corrected chi connectivity index (χ1v) is 6.99. The van der Waals surface area contributed by atoms with Crippen LogP contribution in [-0.4, -0.2) is 19.8 Å². The van der Waals surface area contributed by atoms with Gasteiger partial charge in [-0.3, -0.25) is 0 Å².